The van der Waals surface area contributed by atoms with Gasteiger partial charge in [0.2, 0.25) is 0 Å². The number of ether oxygens (including phenoxy) is 2. The van der Waals surface area contributed by atoms with Crippen molar-refractivity contribution in [3.63, 3.8) is 0 Å². The number of hydrogen-bond acceptors (Lipinski definition) is 4. The fourth-order valence-corrected chi connectivity index (χ4v) is 3.92. The number of fused-ring (bicyclic) bond motifs is 1. The van der Waals surface area contributed by atoms with Crippen molar-refractivity contribution in [2.24, 2.45) is 0 Å². The molecule has 0 bridgehead atoms. The van der Waals surface area contributed by atoms with E-state index in [0.29, 0.717) is 22.8 Å². The standard InChI is InChI=1S/C28H28N2O3/c1-19(13-14-20-9-5-4-6-10-20)29-28(31)23-18-26(30-25-12-8-7-11-22(23)25)24-17-21(32-2)15-16-27(24)33-3/h4-12,15-19H,13-14H2,1-3H3,(H,29,31). The molecule has 33 heavy (non-hydrogen) atoms. The zero-order valence-electron chi connectivity index (χ0n) is 19.2. The molecule has 0 aliphatic rings. The van der Waals surface area contributed by atoms with E-state index in [-0.39, 0.29) is 11.9 Å². The van der Waals surface area contributed by atoms with Crippen molar-refractivity contribution in [1.82, 2.24) is 10.3 Å². The number of carbonyl (C=O) groups is 1. The summed E-state index contributed by atoms with van der Waals surface area (Å²) < 4.78 is 10.9. The monoisotopic (exact) mass is 440 g/mol. The minimum Gasteiger partial charge on any atom is -0.497 e. The van der Waals surface area contributed by atoms with Crippen LogP contribution in [0, 0.1) is 0 Å². The van der Waals surface area contributed by atoms with Gasteiger partial charge in [-0.1, -0.05) is 48.5 Å². The molecule has 0 saturated heterocycles. The molecule has 5 nitrogen and oxygen atoms in total. The van der Waals surface area contributed by atoms with E-state index in [0.717, 1.165) is 29.3 Å². The van der Waals surface area contributed by atoms with Gasteiger partial charge in [0.15, 0.2) is 0 Å². The number of pyridine rings is 1. The van der Waals surface area contributed by atoms with Crippen LogP contribution in [0.5, 0.6) is 11.5 Å². The largest absolute Gasteiger partial charge is 0.497 e. The van der Waals surface area contributed by atoms with Gasteiger partial charge in [-0.3, -0.25) is 4.79 Å². The third kappa shape index (κ3) is 5.14. The molecule has 0 aliphatic carbocycles. The summed E-state index contributed by atoms with van der Waals surface area (Å²) >= 11 is 0. The highest BCUT2D eigenvalue weighted by Crippen LogP contribution is 2.34. The molecule has 5 heteroatoms. The van der Waals surface area contributed by atoms with Crippen LogP contribution < -0.4 is 14.8 Å². The number of aromatic nitrogens is 1. The van der Waals surface area contributed by atoms with Crippen LogP contribution in [0.1, 0.15) is 29.3 Å². The third-order valence-corrected chi connectivity index (χ3v) is 5.73. The number of amides is 1. The Labute approximate surface area is 194 Å². The highest BCUT2D eigenvalue weighted by atomic mass is 16.5. The van der Waals surface area contributed by atoms with Crippen molar-refractivity contribution in [1.29, 1.82) is 0 Å². The SMILES string of the molecule is COc1ccc(OC)c(-c2cc(C(=O)NC(C)CCc3ccccc3)c3ccccc3n2)c1. The van der Waals surface area contributed by atoms with Crippen LogP contribution in [0.15, 0.2) is 78.9 Å². The summed E-state index contributed by atoms with van der Waals surface area (Å²) in [6.07, 6.45) is 1.76. The summed E-state index contributed by atoms with van der Waals surface area (Å²) in [7, 11) is 3.24. The summed E-state index contributed by atoms with van der Waals surface area (Å²) in [5, 5.41) is 3.98. The fourth-order valence-electron chi connectivity index (χ4n) is 3.92. The second kappa shape index (κ2) is 10.2. The molecule has 4 rings (SSSR count). The Morgan fingerprint density at radius 2 is 1.70 bits per heavy atom. The molecule has 0 fully saturated rings. The summed E-state index contributed by atoms with van der Waals surface area (Å²) in [5.41, 5.74) is 4.04. The first-order chi connectivity index (χ1) is 16.1. The van der Waals surface area contributed by atoms with E-state index in [4.69, 9.17) is 14.5 Å². The quantitative estimate of drug-likeness (QED) is 0.383. The smallest absolute Gasteiger partial charge is 0.252 e. The Hall–Kier alpha value is -3.86. The number of carbonyl (C=O) groups excluding carboxylic acids is 1. The van der Waals surface area contributed by atoms with Crippen molar-refractivity contribution in [3.8, 4) is 22.8 Å². The molecule has 1 unspecified atom stereocenters. The lowest BCUT2D eigenvalue weighted by atomic mass is 10.0. The molecular weight excluding hydrogens is 412 g/mol. The maximum Gasteiger partial charge on any atom is 0.252 e. The highest BCUT2D eigenvalue weighted by molar-refractivity contribution is 6.07. The van der Waals surface area contributed by atoms with E-state index in [1.807, 2.05) is 73.7 Å². The van der Waals surface area contributed by atoms with Crippen LogP contribution in [0.3, 0.4) is 0 Å². The summed E-state index contributed by atoms with van der Waals surface area (Å²) in [6.45, 7) is 2.04. The van der Waals surface area contributed by atoms with Gasteiger partial charge >= 0.3 is 0 Å². The normalized spacial score (nSPS) is 11.7. The molecule has 0 aliphatic heterocycles. The predicted octanol–water partition coefficient (Wildman–Crippen LogP) is 5.67. The Balaban J connectivity index is 1.65. The number of nitrogens with one attached hydrogen (secondary N) is 1. The molecule has 3 aromatic carbocycles. The van der Waals surface area contributed by atoms with Crippen molar-refractivity contribution in [2.75, 3.05) is 14.2 Å². The van der Waals surface area contributed by atoms with E-state index in [9.17, 15) is 4.79 Å². The van der Waals surface area contributed by atoms with Crippen molar-refractivity contribution in [3.05, 3.63) is 90.0 Å². The maximum absolute atomic E-state index is 13.3. The van der Waals surface area contributed by atoms with E-state index >= 15 is 0 Å². The lowest BCUT2D eigenvalue weighted by molar-refractivity contribution is 0.0940. The number of hydrogen-bond donors (Lipinski definition) is 1. The lowest BCUT2D eigenvalue weighted by Crippen LogP contribution is -2.33. The Bertz CT molecular complexity index is 1250. The Morgan fingerprint density at radius 1 is 0.939 bits per heavy atom. The number of para-hydroxylation sites is 1. The first-order valence-electron chi connectivity index (χ1n) is 11.1. The van der Waals surface area contributed by atoms with E-state index < -0.39 is 0 Å². The Morgan fingerprint density at radius 3 is 2.45 bits per heavy atom. The number of nitrogens with zero attached hydrogens (tertiary/aromatic N) is 1. The van der Waals surface area contributed by atoms with Gasteiger partial charge in [-0.05, 0) is 55.7 Å². The lowest BCUT2D eigenvalue weighted by Gasteiger charge is -2.16. The molecule has 1 atom stereocenters. The van der Waals surface area contributed by atoms with Gasteiger partial charge in [0, 0.05) is 17.0 Å². The predicted molar refractivity (Wildman–Crippen MR) is 132 cm³/mol. The van der Waals surface area contributed by atoms with Gasteiger partial charge in [-0.15, -0.1) is 0 Å². The van der Waals surface area contributed by atoms with Crippen LogP contribution in [-0.4, -0.2) is 31.2 Å². The molecule has 1 amide bonds. The second-order valence-corrected chi connectivity index (χ2v) is 8.04. The van der Waals surface area contributed by atoms with Gasteiger partial charge in [-0.2, -0.15) is 0 Å². The summed E-state index contributed by atoms with van der Waals surface area (Å²) in [6, 6.07) is 25.4. The third-order valence-electron chi connectivity index (χ3n) is 5.73. The van der Waals surface area contributed by atoms with Crippen molar-refractivity contribution >= 4 is 16.8 Å². The van der Waals surface area contributed by atoms with Gasteiger partial charge in [0.05, 0.1) is 31.0 Å². The van der Waals surface area contributed by atoms with Gasteiger partial charge in [0.1, 0.15) is 11.5 Å². The zero-order chi connectivity index (χ0) is 23.2. The average Bonchev–Trinajstić information content (AvgIpc) is 2.87. The molecule has 4 aromatic rings. The van der Waals surface area contributed by atoms with E-state index in [1.165, 1.54) is 5.56 Å². The van der Waals surface area contributed by atoms with Crippen LogP contribution in [0.4, 0.5) is 0 Å². The molecule has 1 heterocycles. The first-order valence-corrected chi connectivity index (χ1v) is 11.1. The first kappa shape index (κ1) is 22.3. The number of aryl methyl sites for hydroxylation is 1. The fraction of sp³-hybridized carbons (Fsp3) is 0.214. The van der Waals surface area contributed by atoms with Crippen LogP contribution in [-0.2, 0) is 6.42 Å². The van der Waals surface area contributed by atoms with Crippen molar-refractivity contribution < 1.29 is 14.3 Å². The summed E-state index contributed by atoms with van der Waals surface area (Å²) in [4.78, 5) is 18.2. The van der Waals surface area contributed by atoms with Gasteiger partial charge in [0.25, 0.3) is 5.91 Å². The number of methoxy groups -OCH3 is 2. The Kier molecular flexibility index (Phi) is 6.89. The molecule has 1 aromatic heterocycles. The van der Waals surface area contributed by atoms with Crippen LogP contribution >= 0.6 is 0 Å². The van der Waals surface area contributed by atoms with Crippen LogP contribution in [0.2, 0.25) is 0 Å². The number of rotatable bonds is 8. The maximum atomic E-state index is 13.3. The zero-order valence-corrected chi connectivity index (χ0v) is 19.2. The van der Waals surface area contributed by atoms with Crippen molar-refractivity contribution in [2.45, 2.75) is 25.8 Å². The molecule has 168 valence electrons. The highest BCUT2D eigenvalue weighted by Gasteiger charge is 2.18. The molecule has 0 saturated carbocycles. The van der Waals surface area contributed by atoms with E-state index in [2.05, 4.69) is 17.4 Å². The minimum absolute atomic E-state index is 0.0273. The van der Waals surface area contributed by atoms with Crippen LogP contribution in [0.25, 0.3) is 22.2 Å². The topological polar surface area (TPSA) is 60.5 Å². The average molecular weight is 441 g/mol. The van der Waals surface area contributed by atoms with Gasteiger partial charge < -0.3 is 14.8 Å². The van der Waals surface area contributed by atoms with Gasteiger partial charge in [-0.25, -0.2) is 4.98 Å². The summed E-state index contributed by atoms with van der Waals surface area (Å²) in [5.74, 6) is 1.25. The second-order valence-electron chi connectivity index (χ2n) is 8.04. The van der Waals surface area contributed by atoms with E-state index in [1.54, 1.807) is 14.2 Å². The molecule has 1 N–H and O–H groups in total. The molecule has 0 radical (unpaired) electrons. The molecule has 0 spiro atoms. The number of benzene rings is 3. The minimum atomic E-state index is -0.114. The molecular formula is C28H28N2O3.